The number of benzene rings is 2. The van der Waals surface area contributed by atoms with Gasteiger partial charge in [0, 0.05) is 44.3 Å². The molecule has 0 amide bonds. The summed E-state index contributed by atoms with van der Waals surface area (Å²) < 4.78 is 0. The van der Waals surface area contributed by atoms with E-state index in [2.05, 4.69) is 10.6 Å². The number of phenols is 2. The molecule has 1 radical (unpaired) electrons. The normalized spacial score (nSPS) is 12.6. The molecular weight excluding hydrogens is 463 g/mol. The van der Waals surface area contributed by atoms with Gasteiger partial charge in [-0.15, -0.1) is 0 Å². The zero-order valence-corrected chi connectivity index (χ0v) is 17.9. The van der Waals surface area contributed by atoms with Crippen molar-refractivity contribution in [1.82, 2.24) is 10.6 Å². The van der Waals surface area contributed by atoms with Gasteiger partial charge in [0.25, 0.3) is 0 Å². The maximum absolute atomic E-state index is 11.6. The van der Waals surface area contributed by atoms with Crippen LogP contribution in [-0.2, 0) is 29.7 Å². The molecule has 0 aromatic heterocycles. The fraction of sp³-hybridized carbons (Fsp3) is 0.300. The number of carboxylic acids is 2. The van der Waals surface area contributed by atoms with Gasteiger partial charge in [0.1, 0.15) is 23.6 Å². The summed E-state index contributed by atoms with van der Waals surface area (Å²) in [5.41, 5.74) is 2.08. The summed E-state index contributed by atoms with van der Waals surface area (Å²) in [5, 5.41) is 44.4. The third kappa shape index (κ3) is 6.54. The van der Waals surface area contributed by atoms with E-state index in [1.807, 2.05) is 0 Å². The number of carbonyl (C=O) groups is 2. The number of phenolic OH excluding ortho intramolecular Hbond substituents is 2. The Balaban J connectivity index is 0.00000420. The van der Waals surface area contributed by atoms with Gasteiger partial charge in [0.05, 0.1) is 0 Å². The van der Waals surface area contributed by atoms with Crippen LogP contribution < -0.4 is 10.6 Å². The number of hydrogen-bond donors (Lipinski definition) is 6. The maximum atomic E-state index is 11.6. The molecule has 8 nitrogen and oxygen atoms in total. The van der Waals surface area contributed by atoms with Crippen molar-refractivity contribution in [3.05, 3.63) is 58.7 Å². The second-order valence-electron chi connectivity index (χ2n) is 6.58. The average molecular weight is 487 g/mol. The molecule has 29 heavy (non-hydrogen) atoms. The molecule has 2 aromatic carbocycles. The summed E-state index contributed by atoms with van der Waals surface area (Å²) in [5.74, 6) is -2.59. The van der Waals surface area contributed by atoms with Gasteiger partial charge in [0.2, 0.25) is 0 Å². The first-order valence-corrected chi connectivity index (χ1v) is 8.72. The molecule has 6 N–H and O–H groups in total. The molecule has 157 valence electrons. The first kappa shape index (κ1) is 24.6. The molecule has 0 aliphatic rings. The molecule has 2 aromatic rings. The van der Waals surface area contributed by atoms with Gasteiger partial charge in [-0.05, 0) is 26.0 Å². The fourth-order valence-corrected chi connectivity index (χ4v) is 2.90. The molecule has 0 saturated carbocycles. The fourth-order valence-electron chi connectivity index (χ4n) is 2.90. The molecule has 2 atom stereocenters. The van der Waals surface area contributed by atoms with Crippen LogP contribution in [0.5, 0.6) is 11.5 Å². The molecule has 0 spiro atoms. The van der Waals surface area contributed by atoms with E-state index in [0.717, 1.165) is 11.1 Å². The van der Waals surface area contributed by atoms with E-state index in [-0.39, 0.29) is 55.8 Å². The SMILES string of the molecule is Cc1ccc(O)c(C(NCCNC(C(=O)O)c2cc(C)ccc2O)C(=O)O)c1.[99Tc]. The van der Waals surface area contributed by atoms with E-state index in [1.165, 1.54) is 12.1 Å². The van der Waals surface area contributed by atoms with E-state index in [9.17, 15) is 30.0 Å². The molecule has 0 heterocycles. The summed E-state index contributed by atoms with van der Waals surface area (Å²) >= 11 is 0. The minimum absolute atomic E-state index is 0. The number of carboxylic acid groups (broad SMARTS) is 2. The van der Waals surface area contributed by atoms with Crippen LogP contribution in [0.3, 0.4) is 0 Å². The van der Waals surface area contributed by atoms with E-state index in [0.29, 0.717) is 0 Å². The molecule has 0 aliphatic carbocycles. The predicted octanol–water partition coefficient (Wildman–Crippen LogP) is 1.84. The van der Waals surface area contributed by atoms with Gasteiger partial charge in [-0.2, -0.15) is 0 Å². The first-order valence-electron chi connectivity index (χ1n) is 8.72. The third-order valence-electron chi connectivity index (χ3n) is 4.30. The van der Waals surface area contributed by atoms with Crippen molar-refractivity contribution in [2.75, 3.05) is 13.1 Å². The summed E-state index contributed by atoms with van der Waals surface area (Å²) in [6, 6.07) is 7.09. The molecule has 9 heteroatoms. The third-order valence-corrected chi connectivity index (χ3v) is 4.30. The number of aliphatic carboxylic acids is 2. The van der Waals surface area contributed by atoms with Gasteiger partial charge in [-0.3, -0.25) is 20.2 Å². The maximum Gasteiger partial charge on any atom is 0.325 e. The van der Waals surface area contributed by atoms with Crippen LogP contribution >= 0.6 is 0 Å². The molecule has 0 bridgehead atoms. The van der Waals surface area contributed by atoms with E-state index in [1.54, 1.807) is 38.1 Å². The largest absolute Gasteiger partial charge is 0.508 e. The van der Waals surface area contributed by atoms with Gasteiger partial charge < -0.3 is 20.4 Å². The number of aryl methyl sites for hydroxylation is 2. The van der Waals surface area contributed by atoms with Crippen LogP contribution in [0.2, 0.25) is 0 Å². The predicted molar refractivity (Wildman–Crippen MR) is 102 cm³/mol. The van der Waals surface area contributed by atoms with Crippen molar-refractivity contribution in [2.45, 2.75) is 25.9 Å². The zero-order valence-electron chi connectivity index (χ0n) is 16.0. The Morgan fingerprint density at radius 1 is 0.793 bits per heavy atom. The summed E-state index contributed by atoms with van der Waals surface area (Å²) in [4.78, 5) is 23.2. The van der Waals surface area contributed by atoms with E-state index >= 15 is 0 Å². The second kappa shape index (κ2) is 10.9. The molecule has 0 saturated heterocycles. The van der Waals surface area contributed by atoms with E-state index < -0.39 is 24.0 Å². The van der Waals surface area contributed by atoms with Crippen molar-refractivity contribution in [3.63, 3.8) is 0 Å². The quantitative estimate of drug-likeness (QED) is 0.295. The van der Waals surface area contributed by atoms with Crippen LogP contribution in [-0.4, -0.2) is 45.5 Å². The summed E-state index contributed by atoms with van der Waals surface area (Å²) in [6.45, 7) is 3.83. The average Bonchev–Trinajstić information content (AvgIpc) is 2.62. The molecular formula is C20H24N2O6Tc. The standard InChI is InChI=1S/C20H24N2O6.Tc/c1-11-3-5-15(23)13(9-11)17(19(25)26)21-7-8-22-18(20(27)28)14-10-12(2)4-6-16(14)24;/h3-6,9-10,17-18,21-24H,7-8H2,1-2H3,(H,25,26)(H,27,28);/i;1+1. The van der Waals surface area contributed by atoms with Crippen molar-refractivity contribution in [3.8, 4) is 11.5 Å². The minimum atomic E-state index is -1.16. The van der Waals surface area contributed by atoms with Crippen LogP contribution in [0.4, 0.5) is 0 Å². The molecule has 0 fully saturated rings. The Morgan fingerprint density at radius 2 is 1.14 bits per heavy atom. The first-order chi connectivity index (χ1) is 13.2. The van der Waals surface area contributed by atoms with Crippen molar-refractivity contribution in [2.24, 2.45) is 0 Å². The molecule has 2 rings (SSSR count). The minimum Gasteiger partial charge on any atom is -0.508 e. The monoisotopic (exact) mass is 487 g/mol. The molecule has 2 unspecified atom stereocenters. The Kier molecular flexibility index (Phi) is 9.26. The summed E-state index contributed by atoms with van der Waals surface area (Å²) in [6.07, 6.45) is 0. The topological polar surface area (TPSA) is 139 Å². The Morgan fingerprint density at radius 3 is 1.45 bits per heavy atom. The number of rotatable bonds is 9. The Bertz CT molecular complexity index is 803. The number of aromatic hydroxyl groups is 2. The van der Waals surface area contributed by atoms with Gasteiger partial charge in [0.15, 0.2) is 0 Å². The van der Waals surface area contributed by atoms with Gasteiger partial charge in [-0.25, -0.2) is 0 Å². The Labute approximate surface area is 181 Å². The van der Waals surface area contributed by atoms with Crippen LogP contribution in [0.25, 0.3) is 0 Å². The van der Waals surface area contributed by atoms with Crippen molar-refractivity contribution >= 4 is 11.9 Å². The van der Waals surface area contributed by atoms with Crippen molar-refractivity contribution in [1.29, 1.82) is 0 Å². The summed E-state index contributed by atoms with van der Waals surface area (Å²) in [7, 11) is 0. The second-order valence-corrected chi connectivity index (χ2v) is 6.58. The zero-order chi connectivity index (χ0) is 20.8. The smallest absolute Gasteiger partial charge is 0.325 e. The van der Waals surface area contributed by atoms with Gasteiger partial charge in [-0.1, -0.05) is 35.4 Å². The number of hydrogen-bond acceptors (Lipinski definition) is 6. The van der Waals surface area contributed by atoms with Crippen LogP contribution in [0, 0.1) is 13.8 Å². The number of nitrogens with one attached hydrogen (secondary N) is 2. The van der Waals surface area contributed by atoms with E-state index in [4.69, 9.17) is 0 Å². The van der Waals surface area contributed by atoms with Gasteiger partial charge >= 0.3 is 11.9 Å². The molecule has 0 aliphatic heterocycles. The van der Waals surface area contributed by atoms with Crippen LogP contribution in [0.15, 0.2) is 36.4 Å². The van der Waals surface area contributed by atoms with Crippen molar-refractivity contribution < 1.29 is 50.1 Å². The van der Waals surface area contributed by atoms with Crippen LogP contribution in [0.1, 0.15) is 34.3 Å². The Hall–Kier alpha value is -2.45.